The number of nitrogens with zero attached hydrogens (tertiary/aromatic N) is 1. The molecule has 1 saturated heterocycles. The molecule has 6 rings (SSSR count). The van der Waals surface area contributed by atoms with Crippen molar-refractivity contribution in [2.75, 3.05) is 18.4 Å². The molecule has 7 heteroatoms. The van der Waals surface area contributed by atoms with Gasteiger partial charge in [-0.15, -0.1) is 0 Å². The van der Waals surface area contributed by atoms with Crippen molar-refractivity contribution in [1.29, 1.82) is 0 Å². The molecule has 1 aromatic carbocycles. The third-order valence-corrected chi connectivity index (χ3v) is 9.40. The van der Waals surface area contributed by atoms with Crippen LogP contribution in [0, 0.1) is 17.3 Å². The number of sulfonamides is 1. The van der Waals surface area contributed by atoms with Crippen LogP contribution in [0.4, 0.5) is 5.69 Å². The Morgan fingerprint density at radius 2 is 1.83 bits per heavy atom. The van der Waals surface area contributed by atoms with Crippen LogP contribution in [0.2, 0.25) is 0 Å². The zero-order chi connectivity index (χ0) is 20.3. The van der Waals surface area contributed by atoms with Crippen LogP contribution < -0.4 is 5.32 Å². The highest BCUT2D eigenvalue weighted by molar-refractivity contribution is 7.89. The van der Waals surface area contributed by atoms with E-state index in [0.717, 1.165) is 44.9 Å². The van der Waals surface area contributed by atoms with Gasteiger partial charge in [-0.2, -0.15) is 4.31 Å². The molecule has 29 heavy (non-hydrogen) atoms. The lowest BCUT2D eigenvalue weighted by atomic mass is 9.47. The van der Waals surface area contributed by atoms with Crippen molar-refractivity contribution in [2.45, 2.75) is 68.3 Å². The van der Waals surface area contributed by atoms with Gasteiger partial charge < -0.3 is 10.4 Å². The van der Waals surface area contributed by atoms with Crippen molar-refractivity contribution in [3.05, 3.63) is 24.3 Å². The van der Waals surface area contributed by atoms with Crippen LogP contribution in [0.15, 0.2) is 29.2 Å². The third-order valence-electron chi connectivity index (χ3n) is 7.51. The maximum atomic E-state index is 12.9. The Hall–Kier alpha value is -1.44. The second-order valence-corrected chi connectivity index (χ2v) is 12.0. The molecule has 2 N–H and O–H groups in total. The Morgan fingerprint density at radius 3 is 2.48 bits per heavy atom. The molecule has 1 aliphatic heterocycles. The SMILES string of the molecule is O=C(CC12C[C@@H]3C[C@@H](CC(O)(C3)C1)C2)Nc1cccc(S(=O)(=O)N2CCCC2)c1. The molecule has 6 nitrogen and oxygen atoms in total. The van der Waals surface area contributed by atoms with Crippen LogP contribution in [0.3, 0.4) is 0 Å². The van der Waals surface area contributed by atoms with Gasteiger partial charge in [0, 0.05) is 25.2 Å². The average molecular weight is 419 g/mol. The van der Waals surface area contributed by atoms with Gasteiger partial charge in [0.2, 0.25) is 15.9 Å². The average Bonchev–Trinajstić information content (AvgIpc) is 3.14. The number of anilines is 1. The summed E-state index contributed by atoms with van der Waals surface area (Å²) in [7, 11) is -3.50. The maximum Gasteiger partial charge on any atom is 0.243 e. The maximum absolute atomic E-state index is 12.9. The molecular weight excluding hydrogens is 388 g/mol. The number of nitrogens with one attached hydrogen (secondary N) is 1. The summed E-state index contributed by atoms with van der Waals surface area (Å²) < 4.78 is 27.1. The molecule has 4 saturated carbocycles. The summed E-state index contributed by atoms with van der Waals surface area (Å²) in [5, 5.41) is 13.8. The lowest BCUT2D eigenvalue weighted by Crippen LogP contribution is -2.56. The zero-order valence-corrected chi connectivity index (χ0v) is 17.6. The molecule has 5 fully saturated rings. The van der Waals surface area contributed by atoms with E-state index in [-0.39, 0.29) is 16.2 Å². The first kappa shape index (κ1) is 19.5. The van der Waals surface area contributed by atoms with Crippen molar-refractivity contribution >= 4 is 21.6 Å². The number of aliphatic hydroxyl groups is 1. The third kappa shape index (κ3) is 3.62. The minimum absolute atomic E-state index is 0.0775. The van der Waals surface area contributed by atoms with Gasteiger partial charge in [0.05, 0.1) is 10.5 Å². The first-order valence-corrected chi connectivity index (χ1v) is 12.3. The minimum Gasteiger partial charge on any atom is -0.390 e. The predicted molar refractivity (Wildman–Crippen MR) is 110 cm³/mol. The first-order valence-electron chi connectivity index (χ1n) is 10.9. The summed E-state index contributed by atoms with van der Waals surface area (Å²) in [6.07, 6.45) is 7.97. The summed E-state index contributed by atoms with van der Waals surface area (Å²) >= 11 is 0. The van der Waals surface area contributed by atoms with Crippen LogP contribution >= 0.6 is 0 Å². The van der Waals surface area contributed by atoms with Gasteiger partial charge in [0.1, 0.15) is 0 Å². The van der Waals surface area contributed by atoms with Crippen molar-refractivity contribution in [3.8, 4) is 0 Å². The highest BCUT2D eigenvalue weighted by Crippen LogP contribution is 2.62. The molecule has 1 aromatic rings. The highest BCUT2D eigenvalue weighted by atomic mass is 32.2. The van der Waals surface area contributed by atoms with Crippen LogP contribution in [0.25, 0.3) is 0 Å². The second kappa shape index (κ2) is 6.79. The number of rotatable bonds is 5. The first-order chi connectivity index (χ1) is 13.8. The van der Waals surface area contributed by atoms with E-state index in [1.807, 2.05) is 0 Å². The number of carbonyl (C=O) groups is 1. The van der Waals surface area contributed by atoms with Crippen molar-refractivity contribution < 1.29 is 18.3 Å². The molecule has 2 unspecified atom stereocenters. The van der Waals surface area contributed by atoms with E-state index in [1.165, 1.54) is 10.7 Å². The van der Waals surface area contributed by atoms with Crippen molar-refractivity contribution in [3.63, 3.8) is 0 Å². The standard InChI is InChI=1S/C22H30N2O4S/c25-20(14-21-10-16-8-17(11-21)13-22(26,12-16)15-21)23-18-4-3-5-19(9-18)29(27,28)24-6-1-2-7-24/h3-5,9,16-17,26H,1-2,6-8,10-15H2,(H,23,25)/t16-,17+,21?,22?. The van der Waals surface area contributed by atoms with E-state index >= 15 is 0 Å². The molecule has 0 aromatic heterocycles. The van der Waals surface area contributed by atoms with Gasteiger partial charge in [-0.05, 0) is 86.8 Å². The Labute approximate surface area is 172 Å². The molecular formula is C22H30N2O4S. The molecule has 4 atom stereocenters. The van der Waals surface area contributed by atoms with Crippen LogP contribution in [0.5, 0.6) is 0 Å². The Balaban J connectivity index is 1.29. The van der Waals surface area contributed by atoms with Gasteiger partial charge >= 0.3 is 0 Å². The van der Waals surface area contributed by atoms with Gasteiger partial charge in [0.15, 0.2) is 0 Å². The summed E-state index contributed by atoms with van der Waals surface area (Å²) in [5.74, 6) is 1.01. The smallest absolute Gasteiger partial charge is 0.243 e. The number of carbonyl (C=O) groups excluding carboxylic acids is 1. The minimum atomic E-state index is -3.50. The lowest BCUT2D eigenvalue weighted by molar-refractivity contribution is -0.167. The quantitative estimate of drug-likeness (QED) is 0.769. The number of amides is 1. The van der Waals surface area contributed by atoms with E-state index in [1.54, 1.807) is 24.3 Å². The summed E-state index contributed by atoms with van der Waals surface area (Å²) in [5.41, 5.74) is -0.144. The van der Waals surface area contributed by atoms with Crippen LogP contribution in [-0.4, -0.2) is 42.4 Å². The van der Waals surface area contributed by atoms with E-state index in [2.05, 4.69) is 5.32 Å². The molecule has 4 bridgehead atoms. The topological polar surface area (TPSA) is 86.7 Å². The summed E-state index contributed by atoms with van der Waals surface area (Å²) in [4.78, 5) is 13.1. The molecule has 5 aliphatic rings. The monoisotopic (exact) mass is 418 g/mol. The Morgan fingerprint density at radius 1 is 1.14 bits per heavy atom. The highest BCUT2D eigenvalue weighted by Gasteiger charge is 2.57. The van der Waals surface area contributed by atoms with E-state index in [9.17, 15) is 18.3 Å². The largest absolute Gasteiger partial charge is 0.390 e. The van der Waals surface area contributed by atoms with Crippen LogP contribution in [-0.2, 0) is 14.8 Å². The Kier molecular flexibility index (Phi) is 4.57. The zero-order valence-electron chi connectivity index (χ0n) is 16.8. The second-order valence-electron chi connectivity index (χ2n) is 10.0. The van der Waals surface area contributed by atoms with Gasteiger partial charge in [-0.25, -0.2) is 8.42 Å². The lowest BCUT2D eigenvalue weighted by Gasteiger charge is -2.60. The fourth-order valence-electron chi connectivity index (χ4n) is 6.97. The molecule has 1 amide bonds. The fraction of sp³-hybridized carbons (Fsp3) is 0.682. The van der Waals surface area contributed by atoms with Crippen molar-refractivity contribution in [1.82, 2.24) is 4.31 Å². The predicted octanol–water partition coefficient (Wildman–Crippen LogP) is 3.13. The normalized spacial score (nSPS) is 36.4. The van der Waals surface area contributed by atoms with Gasteiger partial charge in [-0.1, -0.05) is 6.07 Å². The number of benzene rings is 1. The van der Waals surface area contributed by atoms with Gasteiger partial charge in [-0.3, -0.25) is 4.79 Å². The van der Waals surface area contributed by atoms with Crippen molar-refractivity contribution in [2.24, 2.45) is 17.3 Å². The number of hydrogen-bond acceptors (Lipinski definition) is 4. The number of hydrogen-bond donors (Lipinski definition) is 2. The molecule has 4 aliphatic carbocycles. The van der Waals surface area contributed by atoms with Gasteiger partial charge in [0.25, 0.3) is 0 Å². The molecule has 1 heterocycles. The Bertz CT molecular complexity index is 908. The summed E-state index contributed by atoms with van der Waals surface area (Å²) in [6.45, 7) is 1.12. The molecule has 158 valence electrons. The van der Waals surface area contributed by atoms with Crippen LogP contribution in [0.1, 0.15) is 57.8 Å². The van der Waals surface area contributed by atoms with E-state index in [4.69, 9.17) is 0 Å². The van der Waals surface area contributed by atoms with E-state index < -0.39 is 15.6 Å². The fourth-order valence-corrected chi connectivity index (χ4v) is 8.53. The van der Waals surface area contributed by atoms with E-state index in [0.29, 0.717) is 37.0 Å². The summed E-state index contributed by atoms with van der Waals surface area (Å²) in [6, 6.07) is 6.59. The molecule has 0 radical (unpaired) electrons. The molecule has 0 spiro atoms.